The Kier molecular flexibility index (Phi) is 2.67. The van der Waals surface area contributed by atoms with Crippen molar-refractivity contribution in [3.8, 4) is 17.2 Å². The van der Waals surface area contributed by atoms with Gasteiger partial charge in [-0.05, 0) is 0 Å². The number of hydrogen-bond donors (Lipinski definition) is 4. The fourth-order valence-corrected chi connectivity index (χ4v) is 1.05. The summed E-state index contributed by atoms with van der Waals surface area (Å²) in [6, 6.07) is 1.17. The third kappa shape index (κ3) is 2.24. The van der Waals surface area contributed by atoms with Crippen LogP contribution in [0.25, 0.3) is 0 Å². The Balaban J connectivity index is 3.26. The fraction of sp³-hybridized carbons (Fsp3) is 0.250. The number of aliphatic hydroxyl groups excluding tert-OH is 1. The number of aromatic hydroxyl groups is 3. The fourth-order valence-electron chi connectivity index (χ4n) is 1.05. The molecule has 1 aromatic rings. The van der Waals surface area contributed by atoms with Crippen LogP contribution in [0.4, 0.5) is 13.2 Å². The SMILES string of the molecule is Oc1cc(O)c([C@H](O)C(F)(F)F)c(O)c1. The standard InChI is InChI=1S/C8H7F3O4/c9-8(10,11)7(15)6-4(13)1-3(12)2-5(6)14/h1-2,7,12-15H/t7-/m0/s1. The van der Waals surface area contributed by atoms with Crippen molar-refractivity contribution < 1.29 is 33.6 Å². The summed E-state index contributed by atoms with van der Waals surface area (Å²) in [6.45, 7) is 0. The molecule has 4 N–H and O–H groups in total. The van der Waals surface area contributed by atoms with E-state index in [1.54, 1.807) is 0 Å². The average molecular weight is 224 g/mol. The molecule has 0 aliphatic heterocycles. The molecule has 0 radical (unpaired) electrons. The van der Waals surface area contributed by atoms with Crippen molar-refractivity contribution in [2.24, 2.45) is 0 Å². The van der Waals surface area contributed by atoms with Gasteiger partial charge in [0.05, 0.1) is 5.56 Å². The molecule has 0 heterocycles. The number of rotatable bonds is 1. The minimum Gasteiger partial charge on any atom is -0.508 e. The van der Waals surface area contributed by atoms with Crippen LogP contribution in [0.5, 0.6) is 17.2 Å². The summed E-state index contributed by atoms with van der Waals surface area (Å²) < 4.78 is 36.2. The van der Waals surface area contributed by atoms with Crippen LogP contribution in [0, 0.1) is 0 Å². The first-order valence-corrected chi connectivity index (χ1v) is 3.73. The maximum atomic E-state index is 12.1. The summed E-state index contributed by atoms with van der Waals surface area (Å²) in [7, 11) is 0. The summed E-state index contributed by atoms with van der Waals surface area (Å²) in [5, 5.41) is 35.7. The highest BCUT2D eigenvalue weighted by Crippen LogP contribution is 2.43. The van der Waals surface area contributed by atoms with Crippen LogP contribution >= 0.6 is 0 Å². The first-order chi connectivity index (χ1) is 6.73. The maximum absolute atomic E-state index is 12.1. The van der Waals surface area contributed by atoms with Crippen molar-refractivity contribution in [3.05, 3.63) is 17.7 Å². The van der Waals surface area contributed by atoms with Gasteiger partial charge in [0.25, 0.3) is 0 Å². The second kappa shape index (κ2) is 3.50. The second-order valence-electron chi connectivity index (χ2n) is 2.84. The molecule has 15 heavy (non-hydrogen) atoms. The van der Waals surface area contributed by atoms with Gasteiger partial charge in [-0.3, -0.25) is 0 Å². The van der Waals surface area contributed by atoms with E-state index in [1.807, 2.05) is 0 Å². The molecule has 0 spiro atoms. The molecule has 84 valence electrons. The lowest BCUT2D eigenvalue weighted by Gasteiger charge is -2.17. The van der Waals surface area contributed by atoms with Crippen LogP contribution < -0.4 is 0 Å². The molecule has 0 saturated heterocycles. The zero-order valence-corrected chi connectivity index (χ0v) is 7.15. The number of aliphatic hydroxyl groups is 1. The van der Waals surface area contributed by atoms with Crippen molar-refractivity contribution >= 4 is 0 Å². The predicted molar refractivity (Wildman–Crippen MR) is 42.5 cm³/mol. The molecular weight excluding hydrogens is 217 g/mol. The Morgan fingerprint density at radius 2 is 1.40 bits per heavy atom. The second-order valence-corrected chi connectivity index (χ2v) is 2.84. The van der Waals surface area contributed by atoms with E-state index in [0.717, 1.165) is 0 Å². The highest BCUT2D eigenvalue weighted by Gasteiger charge is 2.42. The minimum absolute atomic E-state index is 0.587. The Bertz CT molecular complexity index is 352. The quantitative estimate of drug-likeness (QED) is 0.581. The first-order valence-electron chi connectivity index (χ1n) is 3.73. The first kappa shape index (κ1) is 11.4. The number of halogens is 3. The molecule has 0 saturated carbocycles. The van der Waals surface area contributed by atoms with Gasteiger partial charge in [0.2, 0.25) is 0 Å². The summed E-state index contributed by atoms with van der Waals surface area (Å²) in [4.78, 5) is 0. The Hall–Kier alpha value is -1.63. The van der Waals surface area contributed by atoms with Gasteiger partial charge in [-0.25, -0.2) is 0 Å². The van der Waals surface area contributed by atoms with Gasteiger partial charge in [0.15, 0.2) is 6.10 Å². The maximum Gasteiger partial charge on any atom is 0.418 e. The van der Waals surface area contributed by atoms with Crippen LogP contribution in [-0.4, -0.2) is 26.6 Å². The largest absolute Gasteiger partial charge is 0.508 e. The van der Waals surface area contributed by atoms with Gasteiger partial charge in [-0.15, -0.1) is 0 Å². The minimum atomic E-state index is -5.01. The topological polar surface area (TPSA) is 80.9 Å². The van der Waals surface area contributed by atoms with Crippen molar-refractivity contribution in [1.29, 1.82) is 0 Å². The number of alkyl halides is 3. The van der Waals surface area contributed by atoms with Crippen molar-refractivity contribution in [1.82, 2.24) is 0 Å². The van der Waals surface area contributed by atoms with Crippen LogP contribution in [0.3, 0.4) is 0 Å². The summed E-state index contributed by atoms with van der Waals surface area (Å²) in [6.07, 6.45) is -8.01. The van der Waals surface area contributed by atoms with Gasteiger partial charge in [0, 0.05) is 12.1 Å². The van der Waals surface area contributed by atoms with E-state index in [0.29, 0.717) is 12.1 Å². The molecule has 0 aromatic heterocycles. The smallest absolute Gasteiger partial charge is 0.418 e. The zero-order chi connectivity index (χ0) is 11.8. The Morgan fingerprint density at radius 1 is 1.00 bits per heavy atom. The Labute approximate surface area is 81.8 Å². The van der Waals surface area contributed by atoms with Crippen molar-refractivity contribution in [2.75, 3.05) is 0 Å². The van der Waals surface area contributed by atoms with E-state index in [9.17, 15) is 13.2 Å². The molecule has 0 amide bonds. The van der Waals surface area contributed by atoms with E-state index in [4.69, 9.17) is 20.4 Å². The molecule has 0 aliphatic carbocycles. The lowest BCUT2D eigenvalue weighted by atomic mass is 10.1. The predicted octanol–water partition coefficient (Wildman–Crippen LogP) is 1.40. The van der Waals surface area contributed by atoms with Gasteiger partial charge in [0.1, 0.15) is 17.2 Å². The highest BCUT2D eigenvalue weighted by molar-refractivity contribution is 5.50. The normalized spacial score (nSPS) is 13.9. The van der Waals surface area contributed by atoms with E-state index < -0.39 is 35.1 Å². The number of phenols is 3. The molecule has 0 fully saturated rings. The lowest BCUT2D eigenvalue weighted by Crippen LogP contribution is -2.20. The molecule has 7 heteroatoms. The lowest BCUT2D eigenvalue weighted by molar-refractivity contribution is -0.207. The average Bonchev–Trinajstić information content (AvgIpc) is 1.99. The number of phenolic OH excluding ortho intramolecular Hbond substituents is 3. The van der Waals surface area contributed by atoms with Crippen LogP contribution in [-0.2, 0) is 0 Å². The molecule has 1 atom stereocenters. The van der Waals surface area contributed by atoms with E-state index >= 15 is 0 Å². The molecular formula is C8H7F3O4. The molecule has 1 rings (SSSR count). The van der Waals surface area contributed by atoms with Crippen LogP contribution in [0.15, 0.2) is 12.1 Å². The molecule has 0 unspecified atom stereocenters. The van der Waals surface area contributed by atoms with Crippen LogP contribution in [0.1, 0.15) is 11.7 Å². The van der Waals surface area contributed by atoms with Gasteiger partial charge >= 0.3 is 6.18 Å². The van der Waals surface area contributed by atoms with E-state index in [2.05, 4.69) is 0 Å². The number of benzene rings is 1. The Morgan fingerprint density at radius 3 is 1.73 bits per heavy atom. The van der Waals surface area contributed by atoms with Crippen molar-refractivity contribution in [3.63, 3.8) is 0 Å². The summed E-state index contributed by atoms with van der Waals surface area (Å²) in [5.74, 6) is -2.67. The summed E-state index contributed by atoms with van der Waals surface area (Å²) >= 11 is 0. The molecule has 0 aliphatic rings. The molecule has 0 bridgehead atoms. The van der Waals surface area contributed by atoms with Gasteiger partial charge in [-0.1, -0.05) is 0 Å². The monoisotopic (exact) mass is 224 g/mol. The zero-order valence-electron chi connectivity index (χ0n) is 7.15. The number of hydrogen-bond acceptors (Lipinski definition) is 4. The van der Waals surface area contributed by atoms with Gasteiger partial charge in [-0.2, -0.15) is 13.2 Å². The third-order valence-corrected chi connectivity index (χ3v) is 1.70. The third-order valence-electron chi connectivity index (χ3n) is 1.70. The van der Waals surface area contributed by atoms with Gasteiger partial charge < -0.3 is 20.4 Å². The highest BCUT2D eigenvalue weighted by atomic mass is 19.4. The van der Waals surface area contributed by atoms with E-state index in [1.165, 1.54) is 0 Å². The van der Waals surface area contributed by atoms with E-state index in [-0.39, 0.29) is 0 Å². The van der Waals surface area contributed by atoms with Crippen molar-refractivity contribution in [2.45, 2.75) is 12.3 Å². The molecule has 1 aromatic carbocycles. The van der Waals surface area contributed by atoms with Crippen LogP contribution in [0.2, 0.25) is 0 Å². The molecule has 4 nitrogen and oxygen atoms in total. The summed E-state index contributed by atoms with van der Waals surface area (Å²) in [5.41, 5.74) is -1.08.